The first-order valence-corrected chi connectivity index (χ1v) is 5.45. The Morgan fingerprint density at radius 2 is 2.12 bits per heavy atom. The average Bonchev–Trinajstić information content (AvgIpc) is 2.67. The van der Waals surface area contributed by atoms with Crippen LogP contribution in [0.25, 0.3) is 11.5 Å². The molecule has 0 aliphatic carbocycles. The van der Waals surface area contributed by atoms with Gasteiger partial charge in [0.15, 0.2) is 0 Å². The molecule has 6 heteroatoms. The molecule has 1 aromatic heterocycles. The maximum atomic E-state index is 12.8. The lowest BCUT2D eigenvalue weighted by Crippen LogP contribution is -1.84. The molecule has 1 heterocycles. The number of rotatable bonds is 3. The number of hydrogen-bond donors (Lipinski definition) is 0. The molecule has 84 valence electrons. The third-order valence-electron chi connectivity index (χ3n) is 1.94. The molecular weight excluding hydrogens is 254 g/mol. The minimum absolute atomic E-state index is 0.237. The van der Waals surface area contributed by atoms with Crippen molar-refractivity contribution in [1.82, 2.24) is 10.2 Å². The molecule has 2 aromatic rings. The number of aromatic nitrogens is 2. The first-order chi connectivity index (χ1) is 7.70. The van der Waals surface area contributed by atoms with E-state index in [0.29, 0.717) is 23.8 Å². The van der Waals surface area contributed by atoms with Gasteiger partial charge in [0.2, 0.25) is 11.8 Å². The van der Waals surface area contributed by atoms with Crippen molar-refractivity contribution in [3.63, 3.8) is 0 Å². The van der Waals surface area contributed by atoms with Crippen molar-refractivity contribution >= 4 is 23.2 Å². The van der Waals surface area contributed by atoms with Gasteiger partial charge in [-0.15, -0.1) is 21.8 Å². The van der Waals surface area contributed by atoms with Crippen molar-refractivity contribution in [2.45, 2.75) is 6.42 Å². The maximum Gasteiger partial charge on any atom is 0.249 e. The van der Waals surface area contributed by atoms with E-state index in [1.807, 2.05) is 0 Å². The summed E-state index contributed by atoms with van der Waals surface area (Å²) >= 11 is 11.4. The molecule has 0 bridgehead atoms. The Hall–Kier alpha value is -1.13. The van der Waals surface area contributed by atoms with Gasteiger partial charge in [-0.3, -0.25) is 0 Å². The second-order valence-corrected chi connectivity index (χ2v) is 3.85. The Balaban J connectivity index is 2.35. The largest absolute Gasteiger partial charge is 0.421 e. The summed E-state index contributed by atoms with van der Waals surface area (Å²) < 4.78 is 18.1. The number of halogens is 3. The Labute approximate surface area is 101 Å². The molecule has 2 rings (SSSR count). The highest BCUT2D eigenvalue weighted by Crippen LogP contribution is 2.27. The van der Waals surface area contributed by atoms with Crippen LogP contribution in [0.1, 0.15) is 5.89 Å². The van der Waals surface area contributed by atoms with Gasteiger partial charge in [-0.05, 0) is 18.2 Å². The van der Waals surface area contributed by atoms with Gasteiger partial charge in [0.05, 0.1) is 10.6 Å². The van der Waals surface area contributed by atoms with E-state index < -0.39 is 5.82 Å². The summed E-state index contributed by atoms with van der Waals surface area (Å²) in [4.78, 5) is 0. The lowest BCUT2D eigenvalue weighted by molar-refractivity contribution is 0.513. The van der Waals surface area contributed by atoms with Gasteiger partial charge in [0.1, 0.15) is 5.82 Å². The standard InChI is InChI=1S/C10H7Cl2FN2O/c11-4-3-9-14-15-10(16-9)7-2-1-6(13)5-8(7)12/h1-2,5H,3-4H2. The van der Waals surface area contributed by atoms with E-state index in [-0.39, 0.29) is 10.9 Å². The van der Waals surface area contributed by atoms with E-state index in [1.54, 1.807) is 0 Å². The van der Waals surface area contributed by atoms with Crippen LogP contribution in [0.15, 0.2) is 22.6 Å². The van der Waals surface area contributed by atoms with Gasteiger partial charge in [-0.2, -0.15) is 0 Å². The highest BCUT2D eigenvalue weighted by Gasteiger charge is 2.12. The SMILES string of the molecule is Fc1ccc(-c2nnc(CCCl)o2)c(Cl)c1. The third kappa shape index (κ3) is 2.33. The summed E-state index contributed by atoms with van der Waals surface area (Å²) in [6, 6.07) is 3.98. The molecule has 0 saturated heterocycles. The molecule has 0 saturated carbocycles. The predicted molar refractivity (Wildman–Crippen MR) is 59.1 cm³/mol. The summed E-state index contributed by atoms with van der Waals surface area (Å²) in [6.07, 6.45) is 0.493. The van der Waals surface area contributed by atoms with Crippen LogP contribution in [0.3, 0.4) is 0 Å². The van der Waals surface area contributed by atoms with Gasteiger partial charge < -0.3 is 4.42 Å². The van der Waals surface area contributed by atoms with Crippen molar-refractivity contribution < 1.29 is 8.81 Å². The Kier molecular flexibility index (Phi) is 3.41. The van der Waals surface area contributed by atoms with Gasteiger partial charge in [-0.25, -0.2) is 4.39 Å². The fraction of sp³-hybridized carbons (Fsp3) is 0.200. The fourth-order valence-corrected chi connectivity index (χ4v) is 1.62. The van der Waals surface area contributed by atoms with Crippen LogP contribution in [0, 0.1) is 5.82 Å². The topological polar surface area (TPSA) is 38.9 Å². The molecule has 0 unspecified atom stereocenters. The van der Waals surface area contributed by atoms with Gasteiger partial charge in [0, 0.05) is 12.3 Å². The monoisotopic (exact) mass is 260 g/mol. The molecule has 0 amide bonds. The normalized spacial score (nSPS) is 10.7. The lowest BCUT2D eigenvalue weighted by Gasteiger charge is -1.98. The van der Waals surface area contributed by atoms with E-state index in [4.69, 9.17) is 27.6 Å². The Morgan fingerprint density at radius 3 is 2.81 bits per heavy atom. The van der Waals surface area contributed by atoms with Gasteiger partial charge >= 0.3 is 0 Å². The number of hydrogen-bond acceptors (Lipinski definition) is 3. The van der Waals surface area contributed by atoms with Gasteiger partial charge in [-0.1, -0.05) is 11.6 Å². The lowest BCUT2D eigenvalue weighted by atomic mass is 10.2. The Morgan fingerprint density at radius 1 is 1.31 bits per heavy atom. The molecule has 0 spiro atoms. The summed E-state index contributed by atoms with van der Waals surface area (Å²) in [5.74, 6) is 0.698. The minimum atomic E-state index is -0.408. The zero-order valence-electron chi connectivity index (χ0n) is 8.08. The van der Waals surface area contributed by atoms with Crippen molar-refractivity contribution in [2.75, 3.05) is 5.88 Å². The highest BCUT2D eigenvalue weighted by molar-refractivity contribution is 6.33. The average molecular weight is 261 g/mol. The fourth-order valence-electron chi connectivity index (χ4n) is 1.21. The van der Waals surface area contributed by atoms with Crippen LogP contribution in [-0.4, -0.2) is 16.1 Å². The van der Waals surface area contributed by atoms with Crippen LogP contribution < -0.4 is 0 Å². The van der Waals surface area contributed by atoms with Crippen LogP contribution >= 0.6 is 23.2 Å². The first-order valence-electron chi connectivity index (χ1n) is 4.54. The van der Waals surface area contributed by atoms with E-state index in [1.165, 1.54) is 18.2 Å². The number of benzene rings is 1. The zero-order valence-corrected chi connectivity index (χ0v) is 9.59. The summed E-state index contributed by atoms with van der Waals surface area (Å²) in [5, 5.41) is 7.84. The second-order valence-electron chi connectivity index (χ2n) is 3.06. The van der Waals surface area contributed by atoms with Crippen molar-refractivity contribution in [3.8, 4) is 11.5 Å². The minimum Gasteiger partial charge on any atom is -0.421 e. The molecule has 0 fully saturated rings. The van der Waals surface area contributed by atoms with Crippen LogP contribution in [0.4, 0.5) is 4.39 Å². The quantitative estimate of drug-likeness (QED) is 0.795. The zero-order chi connectivity index (χ0) is 11.5. The molecule has 0 radical (unpaired) electrons. The smallest absolute Gasteiger partial charge is 0.249 e. The van der Waals surface area contributed by atoms with Crippen LogP contribution in [0.5, 0.6) is 0 Å². The molecule has 0 N–H and O–H groups in total. The van der Waals surface area contributed by atoms with Crippen molar-refractivity contribution in [3.05, 3.63) is 34.9 Å². The summed E-state index contributed by atoms with van der Waals surface area (Å²) in [5.41, 5.74) is 0.511. The maximum absolute atomic E-state index is 12.8. The molecule has 16 heavy (non-hydrogen) atoms. The molecule has 3 nitrogen and oxygen atoms in total. The van der Waals surface area contributed by atoms with E-state index in [9.17, 15) is 4.39 Å². The molecule has 0 aliphatic heterocycles. The number of aryl methyl sites for hydroxylation is 1. The molecular formula is C10H7Cl2FN2O. The van der Waals surface area contributed by atoms with E-state index >= 15 is 0 Å². The van der Waals surface area contributed by atoms with E-state index in [0.717, 1.165) is 0 Å². The highest BCUT2D eigenvalue weighted by atomic mass is 35.5. The van der Waals surface area contributed by atoms with Crippen LogP contribution in [0.2, 0.25) is 5.02 Å². The molecule has 0 atom stereocenters. The Bertz CT molecular complexity index is 501. The third-order valence-corrected chi connectivity index (χ3v) is 2.44. The number of alkyl halides is 1. The second kappa shape index (κ2) is 4.80. The summed E-state index contributed by atoms with van der Waals surface area (Å²) in [6.45, 7) is 0. The van der Waals surface area contributed by atoms with E-state index in [2.05, 4.69) is 10.2 Å². The predicted octanol–water partition coefficient (Wildman–Crippen LogP) is 3.31. The number of nitrogens with zero attached hydrogens (tertiary/aromatic N) is 2. The molecule has 1 aromatic carbocycles. The first kappa shape index (κ1) is 11.4. The molecule has 0 aliphatic rings. The summed E-state index contributed by atoms with van der Waals surface area (Å²) in [7, 11) is 0. The van der Waals surface area contributed by atoms with Gasteiger partial charge in [0.25, 0.3) is 0 Å². The van der Waals surface area contributed by atoms with Crippen molar-refractivity contribution in [1.29, 1.82) is 0 Å². The van der Waals surface area contributed by atoms with Crippen molar-refractivity contribution in [2.24, 2.45) is 0 Å². The van der Waals surface area contributed by atoms with Crippen LogP contribution in [-0.2, 0) is 6.42 Å².